The number of nitrogens with one attached hydrogen (secondary N) is 4. The van der Waals surface area contributed by atoms with Crippen molar-refractivity contribution in [1.82, 2.24) is 20.6 Å². The highest BCUT2D eigenvalue weighted by molar-refractivity contribution is 6.11. The average Bonchev–Trinajstić information content (AvgIpc) is 3.36. The zero-order chi connectivity index (χ0) is 33.5. The van der Waals surface area contributed by atoms with Crippen LogP contribution in [-0.2, 0) is 11.2 Å². The molecule has 3 aromatic carbocycles. The van der Waals surface area contributed by atoms with E-state index in [0.717, 1.165) is 43.9 Å². The second-order valence-electron chi connectivity index (χ2n) is 11.6. The largest absolute Gasteiger partial charge is 0.478 e. The van der Waals surface area contributed by atoms with Crippen molar-refractivity contribution in [2.24, 2.45) is 5.92 Å². The van der Waals surface area contributed by atoms with Gasteiger partial charge in [0.2, 0.25) is 5.91 Å². The standard InChI is InChI=1S/C34H34FN5O7/c35-26-10-6-5-9-20(26)14-29(32(43)39-23-12-21(33(44)45)11-22(13-23)34(46)47)40-31(42)25-16-28-27(37-18-38-28)15-24(25)30(41)36-17-19-7-3-1-2-4-8-19/h5-6,9-13,15-16,18-19,29H,1-4,7-8,14,17H2,(H,36,41)(H,37,38)(H,39,43)(H,40,42)(H,44,45)(H,46,47)/t29-/m1/s1. The molecule has 1 atom stereocenters. The van der Waals surface area contributed by atoms with Crippen molar-refractivity contribution in [3.8, 4) is 0 Å². The van der Waals surface area contributed by atoms with Gasteiger partial charge in [-0.15, -0.1) is 0 Å². The number of amides is 3. The molecule has 0 radical (unpaired) electrons. The van der Waals surface area contributed by atoms with Crippen LogP contribution in [0.5, 0.6) is 0 Å². The molecule has 6 N–H and O–H groups in total. The molecule has 1 saturated carbocycles. The summed E-state index contributed by atoms with van der Waals surface area (Å²) in [4.78, 5) is 71.3. The van der Waals surface area contributed by atoms with Crippen molar-refractivity contribution in [3.05, 3.63) is 94.6 Å². The number of hydrogen-bond acceptors (Lipinski definition) is 6. The molecule has 244 valence electrons. The van der Waals surface area contributed by atoms with Gasteiger partial charge in [0.05, 0.1) is 39.6 Å². The minimum absolute atomic E-state index is 0.0539. The van der Waals surface area contributed by atoms with E-state index in [0.29, 0.717) is 23.5 Å². The number of benzene rings is 3. The minimum atomic E-state index is -1.43. The second kappa shape index (κ2) is 14.7. The molecule has 12 nitrogen and oxygen atoms in total. The Labute approximate surface area is 268 Å². The van der Waals surface area contributed by atoms with Crippen LogP contribution >= 0.6 is 0 Å². The molecule has 5 rings (SSSR count). The number of carboxylic acids is 2. The quantitative estimate of drug-likeness (QED) is 0.126. The zero-order valence-corrected chi connectivity index (χ0v) is 25.3. The molecule has 1 fully saturated rings. The number of halogens is 1. The van der Waals surface area contributed by atoms with Crippen LogP contribution in [0, 0.1) is 11.7 Å². The number of hydrogen-bond donors (Lipinski definition) is 6. The first-order chi connectivity index (χ1) is 22.6. The van der Waals surface area contributed by atoms with E-state index in [4.69, 9.17) is 0 Å². The normalized spacial score (nSPS) is 14.1. The highest BCUT2D eigenvalue weighted by atomic mass is 19.1. The van der Waals surface area contributed by atoms with E-state index in [9.17, 15) is 38.6 Å². The number of rotatable bonds is 11. The first-order valence-electron chi connectivity index (χ1n) is 15.3. The van der Waals surface area contributed by atoms with E-state index >= 15 is 0 Å². The molecule has 47 heavy (non-hydrogen) atoms. The fraction of sp³-hybridized carbons (Fsp3) is 0.294. The van der Waals surface area contributed by atoms with Crippen molar-refractivity contribution >= 4 is 46.4 Å². The number of carbonyl (C=O) groups excluding carboxylic acids is 3. The lowest BCUT2D eigenvalue weighted by molar-refractivity contribution is -0.118. The van der Waals surface area contributed by atoms with Crippen molar-refractivity contribution in [1.29, 1.82) is 0 Å². The summed E-state index contributed by atoms with van der Waals surface area (Å²) in [7, 11) is 0. The van der Waals surface area contributed by atoms with Crippen LogP contribution in [0.25, 0.3) is 11.0 Å². The number of carbonyl (C=O) groups is 5. The topological polar surface area (TPSA) is 191 Å². The van der Waals surface area contributed by atoms with Crippen LogP contribution in [0.1, 0.15) is 85.5 Å². The molecule has 1 aliphatic rings. The number of carboxylic acid groups (broad SMARTS) is 2. The molecule has 1 aliphatic carbocycles. The Bertz CT molecular complexity index is 1800. The number of anilines is 1. The fourth-order valence-corrected chi connectivity index (χ4v) is 5.76. The van der Waals surface area contributed by atoms with Gasteiger partial charge in [0.1, 0.15) is 11.9 Å². The van der Waals surface area contributed by atoms with E-state index in [2.05, 4.69) is 25.9 Å². The van der Waals surface area contributed by atoms with E-state index in [1.807, 2.05) is 0 Å². The smallest absolute Gasteiger partial charge is 0.335 e. The highest BCUT2D eigenvalue weighted by Crippen LogP contribution is 2.24. The second-order valence-corrected chi connectivity index (χ2v) is 11.6. The van der Waals surface area contributed by atoms with Gasteiger partial charge in [-0.1, -0.05) is 43.9 Å². The SMILES string of the molecule is O=C(O)c1cc(NC(=O)[C@@H](Cc2ccccc2F)NC(=O)c2cc3nc[nH]c3cc2C(=O)NCC2CCCCCC2)cc(C(=O)O)c1. The van der Waals surface area contributed by atoms with E-state index in [-0.39, 0.29) is 39.9 Å². The van der Waals surface area contributed by atoms with Gasteiger partial charge in [0.15, 0.2) is 0 Å². The van der Waals surface area contributed by atoms with Gasteiger partial charge in [-0.3, -0.25) is 14.4 Å². The van der Waals surface area contributed by atoms with Gasteiger partial charge in [0, 0.05) is 18.7 Å². The van der Waals surface area contributed by atoms with E-state index in [1.54, 1.807) is 6.07 Å². The molecule has 3 amide bonds. The van der Waals surface area contributed by atoms with Gasteiger partial charge in [0.25, 0.3) is 11.8 Å². The van der Waals surface area contributed by atoms with Crippen molar-refractivity contribution in [2.45, 2.75) is 51.0 Å². The Morgan fingerprint density at radius 1 is 0.872 bits per heavy atom. The Morgan fingerprint density at radius 3 is 2.19 bits per heavy atom. The molecule has 4 aromatic rings. The summed E-state index contributed by atoms with van der Waals surface area (Å²) in [5, 5.41) is 26.9. The van der Waals surface area contributed by atoms with E-state index in [1.165, 1.54) is 49.5 Å². The van der Waals surface area contributed by atoms with Gasteiger partial charge in [-0.25, -0.2) is 19.0 Å². The Morgan fingerprint density at radius 2 is 1.53 bits per heavy atom. The molecular weight excluding hydrogens is 609 g/mol. The van der Waals surface area contributed by atoms with Gasteiger partial charge < -0.3 is 31.1 Å². The average molecular weight is 644 g/mol. The van der Waals surface area contributed by atoms with Crippen LogP contribution in [0.3, 0.4) is 0 Å². The molecule has 0 unspecified atom stereocenters. The number of aromatic carboxylic acids is 2. The molecular formula is C34H34FN5O7. The molecule has 0 aliphatic heterocycles. The highest BCUT2D eigenvalue weighted by Gasteiger charge is 2.27. The number of aromatic nitrogens is 2. The number of H-pyrrole nitrogens is 1. The predicted octanol–water partition coefficient (Wildman–Crippen LogP) is 4.78. The minimum Gasteiger partial charge on any atom is -0.478 e. The first kappa shape index (κ1) is 32.8. The lowest BCUT2D eigenvalue weighted by Crippen LogP contribution is -2.46. The lowest BCUT2D eigenvalue weighted by Gasteiger charge is -2.21. The van der Waals surface area contributed by atoms with Gasteiger partial charge in [-0.2, -0.15) is 0 Å². The number of imidazole rings is 1. The van der Waals surface area contributed by atoms with Crippen molar-refractivity contribution < 1.29 is 38.6 Å². The Balaban J connectivity index is 1.44. The van der Waals surface area contributed by atoms with E-state index < -0.39 is 41.5 Å². The van der Waals surface area contributed by atoms with Crippen LogP contribution in [0.2, 0.25) is 0 Å². The van der Waals surface area contributed by atoms with Gasteiger partial charge >= 0.3 is 11.9 Å². The molecule has 0 saturated heterocycles. The maximum Gasteiger partial charge on any atom is 0.335 e. The fourth-order valence-electron chi connectivity index (χ4n) is 5.76. The summed E-state index contributed by atoms with van der Waals surface area (Å²) in [6.45, 7) is 0.451. The summed E-state index contributed by atoms with van der Waals surface area (Å²) >= 11 is 0. The number of nitrogens with zero attached hydrogens (tertiary/aromatic N) is 1. The maximum absolute atomic E-state index is 14.7. The number of fused-ring (bicyclic) bond motifs is 1. The predicted molar refractivity (Wildman–Crippen MR) is 170 cm³/mol. The van der Waals surface area contributed by atoms with Crippen LogP contribution < -0.4 is 16.0 Å². The Hall–Kier alpha value is -5.59. The number of aromatic amines is 1. The van der Waals surface area contributed by atoms with Crippen LogP contribution in [-0.4, -0.2) is 62.4 Å². The Kier molecular flexibility index (Phi) is 10.2. The van der Waals surface area contributed by atoms with Crippen LogP contribution in [0.15, 0.2) is 60.9 Å². The molecule has 1 aromatic heterocycles. The van der Waals surface area contributed by atoms with Crippen molar-refractivity contribution in [2.75, 3.05) is 11.9 Å². The monoisotopic (exact) mass is 643 g/mol. The lowest BCUT2D eigenvalue weighted by atomic mass is 9.99. The molecule has 0 bridgehead atoms. The maximum atomic E-state index is 14.7. The summed E-state index contributed by atoms with van der Waals surface area (Å²) in [5.41, 5.74) is 0.0859. The van der Waals surface area contributed by atoms with Crippen LogP contribution in [0.4, 0.5) is 10.1 Å². The summed E-state index contributed by atoms with van der Waals surface area (Å²) in [6, 6.07) is 10.2. The van der Waals surface area contributed by atoms with Crippen molar-refractivity contribution in [3.63, 3.8) is 0 Å². The molecule has 0 spiro atoms. The third kappa shape index (κ3) is 8.17. The zero-order valence-electron chi connectivity index (χ0n) is 25.3. The first-order valence-corrected chi connectivity index (χ1v) is 15.3. The molecule has 1 heterocycles. The molecule has 13 heteroatoms. The summed E-state index contributed by atoms with van der Waals surface area (Å²) in [6.07, 6.45) is 7.63. The van der Waals surface area contributed by atoms with Gasteiger partial charge in [-0.05, 0) is 60.7 Å². The third-order valence-electron chi connectivity index (χ3n) is 8.27. The third-order valence-corrected chi connectivity index (χ3v) is 8.27. The summed E-state index contributed by atoms with van der Waals surface area (Å²) in [5.74, 6) is -5.30. The summed E-state index contributed by atoms with van der Waals surface area (Å²) < 4.78 is 14.7.